The summed E-state index contributed by atoms with van der Waals surface area (Å²) >= 11 is 0. The molecule has 6 heteroatoms. The average Bonchev–Trinajstić information content (AvgIpc) is 2.66. The van der Waals surface area contributed by atoms with Crippen LogP contribution >= 0.6 is 0 Å². The lowest BCUT2D eigenvalue weighted by Crippen LogP contribution is -2.29. The first kappa shape index (κ1) is 16.3. The van der Waals surface area contributed by atoms with Crippen LogP contribution in [0.3, 0.4) is 0 Å². The second kappa shape index (κ2) is 9.35. The van der Waals surface area contributed by atoms with Crippen LogP contribution < -0.4 is 0 Å². The molecular weight excluding hydrogens is 238 g/mol. The lowest BCUT2D eigenvalue weighted by molar-refractivity contribution is -0.138. The minimum absolute atomic E-state index is 0.0472. The summed E-state index contributed by atoms with van der Waals surface area (Å²) in [5.74, 6) is -1.08. The lowest BCUT2D eigenvalue weighted by atomic mass is 10.2. The van der Waals surface area contributed by atoms with Crippen molar-refractivity contribution in [3.8, 4) is 0 Å². The fourth-order valence-electron chi connectivity index (χ4n) is 1.43. The number of unbranched alkanes of at least 4 members (excludes halogenated alkanes) is 2. The Balaban J connectivity index is 0.000000494. The van der Waals surface area contributed by atoms with Crippen molar-refractivity contribution in [1.82, 2.24) is 4.90 Å². The smallest absolute Gasteiger partial charge is 0.327 e. The molecule has 6 nitrogen and oxygen atoms in total. The second-order valence-electron chi connectivity index (χ2n) is 3.77. The fraction of sp³-hybridized carbons (Fsp3) is 0.583. The Labute approximate surface area is 106 Å². The number of rotatable bonds is 6. The normalized spacial score (nSPS) is 14.2. The Morgan fingerprint density at radius 2 is 1.72 bits per heavy atom. The number of amides is 2. The molecule has 0 aromatic carbocycles. The first-order chi connectivity index (χ1) is 8.52. The van der Waals surface area contributed by atoms with Crippen LogP contribution in [0.15, 0.2) is 12.7 Å². The van der Waals surface area contributed by atoms with Crippen LogP contribution in [0, 0.1) is 0 Å². The number of carbonyl (C=O) groups is 3. The van der Waals surface area contributed by atoms with E-state index in [0.717, 1.165) is 25.3 Å². The van der Waals surface area contributed by atoms with E-state index in [-0.39, 0.29) is 18.4 Å². The van der Waals surface area contributed by atoms with Crippen LogP contribution in [0.2, 0.25) is 0 Å². The monoisotopic (exact) mass is 257 g/mol. The van der Waals surface area contributed by atoms with E-state index >= 15 is 0 Å². The summed E-state index contributed by atoms with van der Waals surface area (Å²) in [6.07, 6.45) is 4.00. The van der Waals surface area contributed by atoms with Gasteiger partial charge in [0.1, 0.15) is 0 Å². The molecule has 0 bridgehead atoms. The number of hydrogen-bond donors (Lipinski definition) is 2. The van der Waals surface area contributed by atoms with E-state index in [2.05, 4.69) is 6.58 Å². The number of nitrogens with zero attached hydrogens (tertiary/aromatic N) is 1. The first-order valence-electron chi connectivity index (χ1n) is 5.82. The summed E-state index contributed by atoms with van der Waals surface area (Å²) in [7, 11) is 0. The van der Waals surface area contributed by atoms with Crippen molar-refractivity contribution in [1.29, 1.82) is 0 Å². The molecule has 1 aliphatic heterocycles. The Bertz CT molecular complexity index is 298. The predicted molar refractivity (Wildman–Crippen MR) is 64.7 cm³/mol. The van der Waals surface area contributed by atoms with E-state index < -0.39 is 5.97 Å². The summed E-state index contributed by atoms with van der Waals surface area (Å²) in [6, 6.07) is 0. The van der Waals surface area contributed by atoms with Gasteiger partial charge in [0, 0.05) is 32.1 Å². The van der Waals surface area contributed by atoms with E-state index in [9.17, 15) is 14.4 Å². The van der Waals surface area contributed by atoms with Crippen molar-refractivity contribution in [2.75, 3.05) is 13.2 Å². The van der Waals surface area contributed by atoms with Crippen molar-refractivity contribution in [2.45, 2.75) is 32.1 Å². The predicted octanol–water partition coefficient (Wildman–Crippen LogP) is 0.555. The molecule has 102 valence electrons. The van der Waals surface area contributed by atoms with Gasteiger partial charge in [-0.25, -0.2) is 4.79 Å². The second-order valence-corrected chi connectivity index (χ2v) is 3.77. The van der Waals surface area contributed by atoms with Crippen LogP contribution in [-0.4, -0.2) is 46.0 Å². The van der Waals surface area contributed by atoms with Gasteiger partial charge in [0.15, 0.2) is 0 Å². The van der Waals surface area contributed by atoms with E-state index in [1.165, 1.54) is 4.90 Å². The first-order valence-corrected chi connectivity index (χ1v) is 5.82. The minimum atomic E-state index is -0.981. The molecule has 2 N–H and O–H groups in total. The number of carbonyl (C=O) groups excluding carboxylic acids is 2. The summed E-state index contributed by atoms with van der Waals surface area (Å²) in [5, 5.41) is 16.1. The molecule has 0 aromatic heterocycles. The summed E-state index contributed by atoms with van der Waals surface area (Å²) in [6.45, 7) is 3.67. The van der Waals surface area contributed by atoms with Crippen molar-refractivity contribution in [3.63, 3.8) is 0 Å². The number of imide groups is 1. The molecule has 2 amide bonds. The van der Waals surface area contributed by atoms with Gasteiger partial charge in [-0.1, -0.05) is 6.58 Å². The van der Waals surface area contributed by atoms with Gasteiger partial charge in [-0.3, -0.25) is 14.5 Å². The number of carboxylic acid groups (broad SMARTS) is 1. The number of aliphatic hydroxyl groups is 1. The number of likely N-dealkylation sites (tertiary alicyclic amines) is 1. The third kappa shape index (κ3) is 6.80. The van der Waals surface area contributed by atoms with Crippen LogP contribution in [0.4, 0.5) is 0 Å². The van der Waals surface area contributed by atoms with Gasteiger partial charge in [-0.05, 0) is 19.3 Å². The molecule has 0 unspecified atom stereocenters. The molecule has 0 atom stereocenters. The zero-order chi connectivity index (χ0) is 14.0. The number of hydrogen-bond acceptors (Lipinski definition) is 4. The molecule has 18 heavy (non-hydrogen) atoms. The summed E-state index contributed by atoms with van der Waals surface area (Å²) in [4.78, 5) is 32.8. The highest BCUT2D eigenvalue weighted by atomic mass is 16.4. The number of carboxylic acids is 1. The fourth-order valence-corrected chi connectivity index (χ4v) is 1.43. The van der Waals surface area contributed by atoms with Crippen LogP contribution in [0.5, 0.6) is 0 Å². The van der Waals surface area contributed by atoms with Gasteiger partial charge in [-0.15, -0.1) is 0 Å². The molecule has 1 fully saturated rings. The van der Waals surface area contributed by atoms with Crippen molar-refractivity contribution < 1.29 is 24.6 Å². The lowest BCUT2D eigenvalue weighted by Gasteiger charge is -2.12. The Morgan fingerprint density at radius 3 is 2.11 bits per heavy atom. The van der Waals surface area contributed by atoms with Crippen molar-refractivity contribution in [3.05, 3.63) is 12.7 Å². The molecule has 1 heterocycles. The number of aliphatic carboxylic acids is 1. The zero-order valence-electron chi connectivity index (χ0n) is 10.3. The Morgan fingerprint density at radius 1 is 1.22 bits per heavy atom. The summed E-state index contributed by atoms with van der Waals surface area (Å²) in [5.41, 5.74) is 0. The standard InChI is InChI=1S/C9H15NO3.C3H4O2/c11-7-3-1-2-6-10-8(12)4-5-9(10)13;1-2-3(4)5/h11H,1-7H2;2H,1H2,(H,4,5). The SMILES string of the molecule is C=CC(=O)O.O=C1CCC(=O)N1CCCCCO. The van der Waals surface area contributed by atoms with Gasteiger partial charge in [0.25, 0.3) is 0 Å². The highest BCUT2D eigenvalue weighted by molar-refractivity contribution is 6.01. The molecule has 0 aromatic rings. The zero-order valence-corrected chi connectivity index (χ0v) is 10.3. The number of aliphatic hydroxyl groups excluding tert-OH is 1. The van der Waals surface area contributed by atoms with Gasteiger partial charge in [0.2, 0.25) is 11.8 Å². The maximum atomic E-state index is 11.1. The van der Waals surface area contributed by atoms with Crippen LogP contribution in [0.1, 0.15) is 32.1 Å². The Kier molecular flexibility index (Phi) is 8.47. The van der Waals surface area contributed by atoms with Crippen LogP contribution in [0.25, 0.3) is 0 Å². The highest BCUT2D eigenvalue weighted by Gasteiger charge is 2.27. The van der Waals surface area contributed by atoms with Crippen LogP contribution in [-0.2, 0) is 14.4 Å². The van der Waals surface area contributed by atoms with E-state index in [0.29, 0.717) is 19.4 Å². The molecule has 0 aliphatic carbocycles. The van der Waals surface area contributed by atoms with Gasteiger partial charge in [0.05, 0.1) is 0 Å². The van der Waals surface area contributed by atoms with E-state index in [4.69, 9.17) is 10.2 Å². The average molecular weight is 257 g/mol. The molecule has 1 rings (SSSR count). The van der Waals surface area contributed by atoms with Gasteiger partial charge in [-0.2, -0.15) is 0 Å². The summed E-state index contributed by atoms with van der Waals surface area (Å²) < 4.78 is 0. The van der Waals surface area contributed by atoms with Gasteiger partial charge >= 0.3 is 5.97 Å². The maximum absolute atomic E-state index is 11.1. The largest absolute Gasteiger partial charge is 0.478 e. The Hall–Kier alpha value is -1.69. The molecule has 0 radical (unpaired) electrons. The molecular formula is C12H19NO5. The maximum Gasteiger partial charge on any atom is 0.327 e. The third-order valence-corrected chi connectivity index (χ3v) is 2.37. The molecule has 1 aliphatic rings. The minimum Gasteiger partial charge on any atom is -0.478 e. The van der Waals surface area contributed by atoms with Crippen molar-refractivity contribution >= 4 is 17.8 Å². The molecule has 0 spiro atoms. The highest BCUT2D eigenvalue weighted by Crippen LogP contribution is 2.12. The third-order valence-electron chi connectivity index (χ3n) is 2.37. The van der Waals surface area contributed by atoms with Crippen molar-refractivity contribution in [2.24, 2.45) is 0 Å². The molecule has 0 saturated carbocycles. The van der Waals surface area contributed by atoms with E-state index in [1.54, 1.807) is 0 Å². The quantitative estimate of drug-likeness (QED) is 0.412. The van der Waals surface area contributed by atoms with E-state index in [1.807, 2.05) is 0 Å². The topological polar surface area (TPSA) is 94.9 Å². The van der Waals surface area contributed by atoms with Gasteiger partial charge < -0.3 is 10.2 Å². The molecule has 1 saturated heterocycles.